The molecule has 2 heterocycles. The van der Waals surface area contributed by atoms with Crippen molar-refractivity contribution < 1.29 is 4.42 Å². The van der Waals surface area contributed by atoms with E-state index in [2.05, 4.69) is 242 Å². The van der Waals surface area contributed by atoms with Crippen LogP contribution in [-0.4, -0.2) is 4.57 Å². The Morgan fingerprint density at radius 1 is 0.403 bits per heavy atom. The van der Waals surface area contributed by atoms with E-state index in [1.165, 1.54) is 77.5 Å². The van der Waals surface area contributed by atoms with E-state index in [9.17, 15) is 0 Å². The van der Waals surface area contributed by atoms with Crippen molar-refractivity contribution in [2.45, 2.75) is 24.7 Å². The fourth-order valence-corrected chi connectivity index (χ4v) is 12.9. The van der Waals surface area contributed by atoms with E-state index in [1.54, 1.807) is 0 Å². The number of furan rings is 1. The smallest absolute Gasteiger partial charge is 0.137 e. The van der Waals surface area contributed by atoms with Crippen LogP contribution < -0.4 is 4.90 Å². The van der Waals surface area contributed by atoms with Gasteiger partial charge in [-0.15, -0.1) is 0 Å². The number of rotatable bonds is 4. The molecule has 0 saturated heterocycles. The zero-order chi connectivity index (χ0) is 44.2. The molecule has 0 bridgehead atoms. The van der Waals surface area contributed by atoms with Crippen LogP contribution in [0.3, 0.4) is 0 Å². The summed E-state index contributed by atoms with van der Waals surface area (Å²) in [7, 11) is 0. The summed E-state index contributed by atoms with van der Waals surface area (Å²) >= 11 is 0. The summed E-state index contributed by atoms with van der Waals surface area (Å²) < 4.78 is 9.13. The summed E-state index contributed by atoms with van der Waals surface area (Å²) in [5.41, 5.74) is 23.8. The molecular weight excluding hydrogens is 813 g/mol. The van der Waals surface area contributed by atoms with Gasteiger partial charge in [0.2, 0.25) is 0 Å². The molecule has 0 amide bonds. The minimum atomic E-state index is -0.451. The minimum Gasteiger partial charge on any atom is -0.456 e. The van der Waals surface area contributed by atoms with Gasteiger partial charge in [-0.3, -0.25) is 0 Å². The first-order valence-corrected chi connectivity index (χ1v) is 23.4. The molecule has 0 aliphatic heterocycles. The van der Waals surface area contributed by atoms with E-state index >= 15 is 0 Å². The fourth-order valence-electron chi connectivity index (χ4n) is 12.9. The molecule has 0 saturated carbocycles. The van der Waals surface area contributed by atoms with Gasteiger partial charge in [0, 0.05) is 44.2 Å². The molecule has 0 fully saturated rings. The van der Waals surface area contributed by atoms with E-state index in [0.29, 0.717) is 0 Å². The van der Waals surface area contributed by atoms with Crippen LogP contribution in [0.1, 0.15) is 47.2 Å². The van der Waals surface area contributed by atoms with Crippen LogP contribution in [0.25, 0.3) is 82.8 Å². The molecule has 0 radical (unpaired) electrons. The van der Waals surface area contributed by atoms with E-state index < -0.39 is 5.41 Å². The lowest BCUT2D eigenvalue weighted by Crippen LogP contribution is -2.26. The van der Waals surface area contributed by atoms with Crippen molar-refractivity contribution in [1.82, 2.24) is 4.57 Å². The lowest BCUT2D eigenvalue weighted by Gasteiger charge is -2.31. The number of hydrogen-bond donors (Lipinski definition) is 0. The maximum atomic E-state index is 6.61. The van der Waals surface area contributed by atoms with Crippen molar-refractivity contribution >= 4 is 60.8 Å². The Morgan fingerprint density at radius 3 is 1.76 bits per heavy atom. The maximum absolute atomic E-state index is 6.61. The first-order chi connectivity index (χ1) is 33.0. The van der Waals surface area contributed by atoms with Gasteiger partial charge in [0.25, 0.3) is 0 Å². The molecule has 3 aliphatic carbocycles. The molecule has 67 heavy (non-hydrogen) atoms. The van der Waals surface area contributed by atoms with Crippen LogP contribution in [0.5, 0.6) is 0 Å². The molecule has 1 spiro atoms. The molecule has 12 aromatic rings. The van der Waals surface area contributed by atoms with Crippen molar-refractivity contribution in [3.8, 4) is 39.1 Å². The second-order valence-corrected chi connectivity index (χ2v) is 19.1. The van der Waals surface area contributed by atoms with Crippen LogP contribution in [0.15, 0.2) is 223 Å². The topological polar surface area (TPSA) is 21.3 Å². The van der Waals surface area contributed by atoms with Gasteiger partial charge in [0.1, 0.15) is 11.2 Å². The van der Waals surface area contributed by atoms with Gasteiger partial charge in [-0.2, -0.15) is 0 Å². The first-order valence-electron chi connectivity index (χ1n) is 23.4. The zero-order valence-corrected chi connectivity index (χ0v) is 37.1. The molecule has 0 unspecified atom stereocenters. The average molecular weight is 855 g/mol. The third-order valence-electron chi connectivity index (χ3n) is 15.6. The normalized spacial score (nSPS) is 14.4. The van der Waals surface area contributed by atoms with Gasteiger partial charge >= 0.3 is 0 Å². The summed E-state index contributed by atoms with van der Waals surface area (Å²) in [6, 6.07) is 81.2. The number of anilines is 3. The van der Waals surface area contributed by atoms with Crippen molar-refractivity contribution in [1.29, 1.82) is 0 Å². The van der Waals surface area contributed by atoms with Crippen LogP contribution in [-0.2, 0) is 10.8 Å². The molecule has 0 N–H and O–H groups in total. The quantitative estimate of drug-likeness (QED) is 0.176. The van der Waals surface area contributed by atoms with Gasteiger partial charge < -0.3 is 13.9 Å². The van der Waals surface area contributed by atoms with Gasteiger partial charge in [-0.25, -0.2) is 0 Å². The Kier molecular flexibility index (Phi) is 7.22. The largest absolute Gasteiger partial charge is 0.456 e. The van der Waals surface area contributed by atoms with Crippen LogP contribution >= 0.6 is 0 Å². The predicted molar refractivity (Wildman–Crippen MR) is 277 cm³/mol. The third kappa shape index (κ3) is 4.65. The van der Waals surface area contributed by atoms with Crippen molar-refractivity contribution in [2.24, 2.45) is 0 Å². The van der Waals surface area contributed by atoms with E-state index in [1.807, 2.05) is 0 Å². The third-order valence-corrected chi connectivity index (χ3v) is 15.6. The van der Waals surface area contributed by atoms with Gasteiger partial charge in [-0.1, -0.05) is 172 Å². The SMILES string of the molecule is CC1(C)c2ccccc2-c2ccc(-n3c4cc(N(c5ccccc5)c5cccc6c5-c5ccccc5C65c6ccccc6-c6ccccc65)ccc4c4ccc5oc6ccccc6c5c43)cc21. The van der Waals surface area contributed by atoms with Gasteiger partial charge in [0.15, 0.2) is 0 Å². The Bertz CT molecular complexity index is 4040. The van der Waals surface area contributed by atoms with Crippen molar-refractivity contribution in [3.63, 3.8) is 0 Å². The molecule has 10 aromatic carbocycles. The highest BCUT2D eigenvalue weighted by atomic mass is 16.3. The van der Waals surface area contributed by atoms with Gasteiger partial charge in [-0.05, 0) is 122 Å². The monoisotopic (exact) mass is 854 g/mol. The second-order valence-electron chi connectivity index (χ2n) is 19.1. The lowest BCUT2D eigenvalue weighted by molar-refractivity contribution is 0.660. The molecule has 3 aliphatic rings. The maximum Gasteiger partial charge on any atom is 0.137 e. The number of benzene rings is 10. The molecule has 314 valence electrons. The zero-order valence-electron chi connectivity index (χ0n) is 37.1. The Morgan fingerprint density at radius 2 is 1.00 bits per heavy atom. The molecule has 0 atom stereocenters. The molecular formula is C64H42N2O. The minimum absolute atomic E-state index is 0.157. The summed E-state index contributed by atoms with van der Waals surface area (Å²) in [6.45, 7) is 4.74. The number of nitrogens with zero attached hydrogens (tertiary/aromatic N) is 2. The van der Waals surface area contributed by atoms with Crippen LogP contribution in [0, 0.1) is 0 Å². The Hall–Kier alpha value is -8.40. The fraction of sp³-hybridized carbons (Fsp3) is 0.0625. The second kappa shape index (κ2) is 13.1. The number of fused-ring (bicyclic) bond motifs is 20. The van der Waals surface area contributed by atoms with E-state index in [-0.39, 0.29) is 5.41 Å². The van der Waals surface area contributed by atoms with E-state index in [4.69, 9.17) is 4.42 Å². The van der Waals surface area contributed by atoms with Gasteiger partial charge in [0.05, 0.1) is 27.5 Å². The highest BCUT2D eigenvalue weighted by Gasteiger charge is 2.52. The van der Waals surface area contributed by atoms with Crippen LogP contribution in [0.2, 0.25) is 0 Å². The summed E-state index contributed by atoms with van der Waals surface area (Å²) in [6.07, 6.45) is 0. The van der Waals surface area contributed by atoms with E-state index in [0.717, 1.165) is 55.7 Å². The molecule has 2 aromatic heterocycles. The Labute approximate surface area is 388 Å². The summed E-state index contributed by atoms with van der Waals surface area (Å²) in [4.78, 5) is 2.49. The number of aromatic nitrogens is 1. The van der Waals surface area contributed by atoms with Crippen molar-refractivity contribution in [3.05, 3.63) is 252 Å². The number of hydrogen-bond acceptors (Lipinski definition) is 2. The first kappa shape index (κ1) is 36.9. The lowest BCUT2D eigenvalue weighted by atomic mass is 9.70. The van der Waals surface area contributed by atoms with Crippen LogP contribution in [0.4, 0.5) is 17.1 Å². The predicted octanol–water partition coefficient (Wildman–Crippen LogP) is 16.8. The standard InChI is InChI=1S/C64H42N2O/c1-63(2)50-24-11-6-19-42(50)45-33-31-40(37-55(45)63)66-57-38-41(32-34-46(57)47-35-36-59-61(62(47)66)49-23-10-15-30-58(49)67-59)65(39-17-4-3-5-18-39)56-29-16-28-54-60(56)48-22-9-14-27-53(48)64(54)51-25-12-7-20-43(51)44-21-8-13-26-52(44)64/h3-38H,1-2H3. The molecule has 3 nitrogen and oxygen atoms in total. The highest BCUT2D eigenvalue weighted by molar-refractivity contribution is 6.25. The molecule has 15 rings (SSSR count). The summed E-state index contributed by atoms with van der Waals surface area (Å²) in [5.74, 6) is 0. The van der Waals surface area contributed by atoms with Crippen molar-refractivity contribution in [2.75, 3.05) is 4.90 Å². The summed E-state index contributed by atoms with van der Waals surface area (Å²) in [5, 5.41) is 4.65. The Balaban J connectivity index is 1.03. The number of para-hydroxylation sites is 2. The molecule has 3 heteroatoms. The average Bonchev–Trinajstić information content (AvgIpc) is 4.14. The highest BCUT2D eigenvalue weighted by Crippen LogP contribution is 2.65.